The van der Waals surface area contributed by atoms with Crippen LogP contribution >= 0.6 is 0 Å². The fraction of sp³-hybridized carbons (Fsp3) is 0.364. The van der Waals surface area contributed by atoms with Crippen molar-refractivity contribution >= 4 is 11.6 Å². The average molecular weight is 206 g/mol. The number of carbonyl (C=O) groups excluding carboxylic acids is 1. The normalized spacial score (nSPS) is 18.9. The fourth-order valence-corrected chi connectivity index (χ4v) is 1.81. The predicted octanol–water partition coefficient (Wildman–Crippen LogP) is 0.948. The van der Waals surface area contributed by atoms with Crippen molar-refractivity contribution in [2.24, 2.45) is 5.92 Å². The van der Waals surface area contributed by atoms with Gasteiger partial charge in [-0.3, -0.25) is 9.63 Å². The molecule has 1 atom stereocenters. The molecule has 1 aliphatic heterocycles. The molecule has 1 amide bonds. The lowest BCUT2D eigenvalue weighted by Crippen LogP contribution is -2.37. The molecule has 2 N–H and O–H groups in total. The van der Waals surface area contributed by atoms with E-state index in [0.717, 1.165) is 12.1 Å². The van der Waals surface area contributed by atoms with Gasteiger partial charge in [-0.25, -0.2) is 5.48 Å². The Bertz CT molecular complexity index is 365. The molecule has 1 aromatic carbocycles. The summed E-state index contributed by atoms with van der Waals surface area (Å²) < 4.78 is 0. The molecule has 0 spiro atoms. The second-order valence-electron chi connectivity index (χ2n) is 3.61. The van der Waals surface area contributed by atoms with Gasteiger partial charge in [-0.15, -0.1) is 0 Å². The lowest BCUT2D eigenvalue weighted by molar-refractivity contribution is -0.135. The molecular formula is C11H14N2O2. The smallest absolute Gasteiger partial charge is 0.248 e. The number of para-hydroxylation sites is 1. The van der Waals surface area contributed by atoms with Gasteiger partial charge in [-0.2, -0.15) is 0 Å². The minimum atomic E-state index is -0.0699. The Morgan fingerprint density at radius 1 is 1.53 bits per heavy atom. The van der Waals surface area contributed by atoms with E-state index in [4.69, 9.17) is 0 Å². The molecule has 1 aliphatic rings. The average Bonchev–Trinajstić information content (AvgIpc) is 2.29. The lowest BCUT2D eigenvalue weighted by atomic mass is 9.93. The van der Waals surface area contributed by atoms with E-state index in [-0.39, 0.29) is 11.8 Å². The van der Waals surface area contributed by atoms with E-state index >= 15 is 0 Å². The lowest BCUT2D eigenvalue weighted by Gasteiger charge is -2.24. The number of rotatable bonds is 2. The first-order chi connectivity index (χ1) is 7.31. The highest BCUT2D eigenvalue weighted by molar-refractivity contribution is 5.79. The highest BCUT2D eigenvalue weighted by atomic mass is 16.6. The SMILES string of the molecule is CONC(=O)C1CNc2ccccc2C1. The van der Waals surface area contributed by atoms with Crippen LogP contribution in [0.3, 0.4) is 0 Å². The van der Waals surface area contributed by atoms with Gasteiger partial charge in [0.1, 0.15) is 0 Å². The second-order valence-corrected chi connectivity index (χ2v) is 3.61. The molecule has 1 aromatic rings. The number of anilines is 1. The molecule has 0 saturated heterocycles. The van der Waals surface area contributed by atoms with Gasteiger partial charge in [0.2, 0.25) is 5.91 Å². The first-order valence-corrected chi connectivity index (χ1v) is 4.96. The van der Waals surface area contributed by atoms with Crippen LogP contribution in [-0.2, 0) is 16.1 Å². The number of carbonyl (C=O) groups is 1. The molecule has 0 radical (unpaired) electrons. The summed E-state index contributed by atoms with van der Waals surface area (Å²) in [6.07, 6.45) is 0.762. The van der Waals surface area contributed by atoms with Crippen molar-refractivity contribution in [2.45, 2.75) is 6.42 Å². The summed E-state index contributed by atoms with van der Waals surface area (Å²) in [6.45, 7) is 0.659. The Morgan fingerprint density at radius 2 is 2.33 bits per heavy atom. The Hall–Kier alpha value is -1.55. The van der Waals surface area contributed by atoms with Crippen molar-refractivity contribution in [2.75, 3.05) is 19.0 Å². The molecule has 1 unspecified atom stereocenters. The van der Waals surface area contributed by atoms with Crippen molar-refractivity contribution in [1.82, 2.24) is 5.48 Å². The molecule has 80 valence electrons. The highest BCUT2D eigenvalue weighted by Crippen LogP contribution is 2.24. The maximum atomic E-state index is 11.5. The zero-order chi connectivity index (χ0) is 10.7. The van der Waals surface area contributed by atoms with Crippen molar-refractivity contribution < 1.29 is 9.63 Å². The number of fused-ring (bicyclic) bond motifs is 1. The predicted molar refractivity (Wildman–Crippen MR) is 57.3 cm³/mol. The summed E-state index contributed by atoms with van der Waals surface area (Å²) in [6, 6.07) is 8.03. The zero-order valence-electron chi connectivity index (χ0n) is 8.62. The summed E-state index contributed by atoms with van der Waals surface area (Å²) >= 11 is 0. The maximum Gasteiger partial charge on any atom is 0.248 e. The van der Waals surface area contributed by atoms with E-state index in [1.54, 1.807) is 0 Å². The van der Waals surface area contributed by atoms with Crippen molar-refractivity contribution in [3.05, 3.63) is 29.8 Å². The number of nitrogens with one attached hydrogen (secondary N) is 2. The maximum absolute atomic E-state index is 11.5. The molecule has 0 fully saturated rings. The van der Waals surface area contributed by atoms with Crippen LogP contribution in [-0.4, -0.2) is 19.6 Å². The van der Waals surface area contributed by atoms with Crippen LogP contribution in [0.15, 0.2) is 24.3 Å². The van der Waals surface area contributed by atoms with E-state index in [2.05, 4.69) is 15.6 Å². The number of hydrogen-bond acceptors (Lipinski definition) is 3. The van der Waals surface area contributed by atoms with E-state index in [1.807, 2.05) is 24.3 Å². The molecule has 4 nitrogen and oxygen atoms in total. The Kier molecular flexibility index (Phi) is 2.87. The van der Waals surface area contributed by atoms with Crippen LogP contribution < -0.4 is 10.8 Å². The summed E-state index contributed by atoms with van der Waals surface area (Å²) in [4.78, 5) is 16.1. The van der Waals surface area contributed by atoms with Gasteiger partial charge >= 0.3 is 0 Å². The first-order valence-electron chi connectivity index (χ1n) is 4.96. The van der Waals surface area contributed by atoms with Crippen molar-refractivity contribution in [1.29, 1.82) is 0 Å². The summed E-state index contributed by atoms with van der Waals surface area (Å²) in [7, 11) is 1.45. The molecule has 4 heteroatoms. The standard InChI is InChI=1S/C11H14N2O2/c1-15-13-11(14)9-6-8-4-2-3-5-10(8)12-7-9/h2-5,9,12H,6-7H2,1H3,(H,13,14). The molecule has 0 bridgehead atoms. The number of hydrogen-bond donors (Lipinski definition) is 2. The molecule has 0 saturated carbocycles. The summed E-state index contributed by atoms with van der Waals surface area (Å²) in [5.41, 5.74) is 4.67. The quantitative estimate of drug-likeness (QED) is 0.708. The van der Waals surface area contributed by atoms with Gasteiger partial charge in [-0.05, 0) is 18.1 Å². The number of amides is 1. The minimum absolute atomic E-state index is 0.0557. The monoisotopic (exact) mass is 206 g/mol. The topological polar surface area (TPSA) is 50.4 Å². The second kappa shape index (κ2) is 4.31. The zero-order valence-corrected chi connectivity index (χ0v) is 8.62. The van der Waals surface area contributed by atoms with Gasteiger partial charge < -0.3 is 5.32 Å². The molecule has 0 aromatic heterocycles. The Morgan fingerprint density at radius 3 is 3.13 bits per heavy atom. The molecule has 2 rings (SSSR count). The molecular weight excluding hydrogens is 192 g/mol. The van der Waals surface area contributed by atoms with Crippen LogP contribution in [0.4, 0.5) is 5.69 Å². The first kappa shape index (κ1) is 9.98. The summed E-state index contributed by atoms with van der Waals surface area (Å²) in [5, 5.41) is 3.24. The third-order valence-corrected chi connectivity index (χ3v) is 2.60. The Labute approximate surface area is 88.6 Å². The fourth-order valence-electron chi connectivity index (χ4n) is 1.81. The number of hydroxylamine groups is 1. The van der Waals surface area contributed by atoms with Crippen LogP contribution in [0.25, 0.3) is 0 Å². The van der Waals surface area contributed by atoms with E-state index in [1.165, 1.54) is 12.7 Å². The van der Waals surface area contributed by atoms with Gasteiger partial charge in [0.15, 0.2) is 0 Å². The van der Waals surface area contributed by atoms with Crippen LogP contribution in [0.2, 0.25) is 0 Å². The van der Waals surface area contributed by atoms with Crippen molar-refractivity contribution in [3.8, 4) is 0 Å². The van der Waals surface area contributed by atoms with Crippen LogP contribution in [0, 0.1) is 5.92 Å². The van der Waals surface area contributed by atoms with E-state index in [9.17, 15) is 4.79 Å². The van der Waals surface area contributed by atoms with Gasteiger partial charge in [0.25, 0.3) is 0 Å². The van der Waals surface area contributed by atoms with Crippen LogP contribution in [0.5, 0.6) is 0 Å². The highest BCUT2D eigenvalue weighted by Gasteiger charge is 2.23. The van der Waals surface area contributed by atoms with E-state index in [0.29, 0.717) is 6.54 Å². The van der Waals surface area contributed by atoms with Crippen molar-refractivity contribution in [3.63, 3.8) is 0 Å². The Balaban J connectivity index is 2.08. The summed E-state index contributed by atoms with van der Waals surface area (Å²) in [5.74, 6) is -0.126. The third kappa shape index (κ3) is 2.10. The van der Waals surface area contributed by atoms with Gasteiger partial charge in [-0.1, -0.05) is 18.2 Å². The third-order valence-electron chi connectivity index (χ3n) is 2.60. The molecule has 1 heterocycles. The van der Waals surface area contributed by atoms with E-state index < -0.39 is 0 Å². The van der Waals surface area contributed by atoms with Crippen LogP contribution in [0.1, 0.15) is 5.56 Å². The minimum Gasteiger partial charge on any atom is -0.384 e. The van der Waals surface area contributed by atoms with Gasteiger partial charge in [0.05, 0.1) is 13.0 Å². The van der Waals surface area contributed by atoms with Gasteiger partial charge in [0, 0.05) is 12.2 Å². The molecule has 15 heavy (non-hydrogen) atoms. The largest absolute Gasteiger partial charge is 0.384 e. The molecule has 0 aliphatic carbocycles. The number of benzene rings is 1.